The molecule has 10 nitrogen and oxygen atoms in total. The molecular weight excluding hydrogens is 304 g/mol. The number of imidazole rings is 1. The third kappa shape index (κ3) is 1.68. The Labute approximate surface area is 129 Å². The molecule has 0 spiro atoms. The van der Waals surface area contributed by atoms with Gasteiger partial charge in [-0.05, 0) is 6.92 Å². The first-order chi connectivity index (χ1) is 10.9. The van der Waals surface area contributed by atoms with Gasteiger partial charge in [0.15, 0.2) is 0 Å². The predicted octanol–water partition coefficient (Wildman–Crippen LogP) is -1.58. The van der Waals surface area contributed by atoms with Gasteiger partial charge >= 0.3 is 0 Å². The zero-order valence-electron chi connectivity index (χ0n) is 12.0. The molecule has 3 rings (SSSR count). The molecule has 2 aromatic rings. The minimum Gasteiger partial charge on any atom is -0.394 e. The average molecular weight is 316 g/mol. The Hall–Kier alpha value is -2.79. The molecule has 3 N–H and O–H groups in total. The molecule has 0 radical (unpaired) electrons. The molecule has 0 saturated carbocycles. The van der Waals surface area contributed by atoms with Crippen molar-refractivity contribution in [2.45, 2.75) is 24.7 Å². The fraction of sp³-hybridized carbons (Fsp3) is 0.462. The summed E-state index contributed by atoms with van der Waals surface area (Å²) in [4.78, 5) is 18.0. The van der Waals surface area contributed by atoms with Crippen LogP contribution in [0.1, 0.15) is 12.6 Å². The Balaban J connectivity index is 2.34. The summed E-state index contributed by atoms with van der Waals surface area (Å²) in [5, 5.41) is 42.9. The van der Waals surface area contributed by atoms with E-state index >= 15 is 0 Å². The number of nitriles is 2. The van der Waals surface area contributed by atoms with E-state index < -0.39 is 35.4 Å². The molecule has 1 aliphatic heterocycles. The number of hydrogen-bond acceptors (Lipinski definition) is 8. The Kier molecular flexibility index (Phi) is 3.19. The summed E-state index contributed by atoms with van der Waals surface area (Å²) in [6.45, 7) is 0.774. The molecular formula is C13H12N6O4. The maximum absolute atomic E-state index is 11.8. The van der Waals surface area contributed by atoms with E-state index in [4.69, 9.17) is 4.74 Å². The molecule has 1 fully saturated rings. The highest BCUT2D eigenvalue weighted by Crippen LogP contribution is 2.52. The van der Waals surface area contributed by atoms with Gasteiger partial charge in [-0.25, -0.2) is 9.50 Å². The fourth-order valence-electron chi connectivity index (χ4n) is 2.87. The van der Waals surface area contributed by atoms with E-state index in [1.807, 2.05) is 12.1 Å². The standard InChI is InChI=1S/C13H12N6O4/c1-12(4-14)9(21)7(3-20)23-13(12,5-15)8-2-16-10-11(22)17-6-18-19(8)10/h2,6-7,9,20-21H,3H2,1H3,(H,17,18,22)/t7-,9-,12-,13+/m1/s1. The number of fused-ring (bicyclic) bond motifs is 1. The summed E-state index contributed by atoms with van der Waals surface area (Å²) in [6, 6.07) is 3.80. The van der Waals surface area contributed by atoms with Crippen LogP contribution in [0.2, 0.25) is 0 Å². The average Bonchev–Trinajstić information content (AvgIpc) is 3.09. The highest BCUT2D eigenvalue weighted by molar-refractivity contribution is 5.43. The Morgan fingerprint density at radius 1 is 1.52 bits per heavy atom. The molecule has 0 unspecified atom stereocenters. The third-order valence-corrected chi connectivity index (χ3v) is 4.24. The summed E-state index contributed by atoms with van der Waals surface area (Å²) in [6.07, 6.45) is -0.232. The molecule has 0 aliphatic carbocycles. The highest BCUT2D eigenvalue weighted by atomic mass is 16.5. The van der Waals surface area contributed by atoms with Gasteiger partial charge in [0.1, 0.15) is 35.7 Å². The molecule has 118 valence electrons. The second-order valence-electron chi connectivity index (χ2n) is 5.39. The van der Waals surface area contributed by atoms with Crippen LogP contribution in [0.25, 0.3) is 5.65 Å². The molecule has 3 heterocycles. The normalized spacial score (nSPS) is 33.4. The molecule has 1 aliphatic rings. The van der Waals surface area contributed by atoms with Gasteiger partial charge in [0.25, 0.3) is 5.56 Å². The zero-order valence-corrected chi connectivity index (χ0v) is 12.0. The van der Waals surface area contributed by atoms with Crippen LogP contribution in [0.4, 0.5) is 0 Å². The Morgan fingerprint density at radius 3 is 2.87 bits per heavy atom. The van der Waals surface area contributed by atoms with Crippen LogP contribution < -0.4 is 5.56 Å². The predicted molar refractivity (Wildman–Crippen MR) is 72.6 cm³/mol. The minimum atomic E-state index is -1.95. The first kappa shape index (κ1) is 15.1. The number of ether oxygens (including phenoxy) is 1. The second-order valence-corrected chi connectivity index (χ2v) is 5.39. The summed E-state index contributed by atoms with van der Waals surface area (Å²) in [7, 11) is 0. The van der Waals surface area contributed by atoms with Crippen molar-refractivity contribution >= 4 is 5.65 Å². The van der Waals surface area contributed by atoms with Crippen molar-refractivity contribution < 1.29 is 14.9 Å². The zero-order chi connectivity index (χ0) is 16.8. The Morgan fingerprint density at radius 2 is 2.26 bits per heavy atom. The number of aromatic amines is 1. The van der Waals surface area contributed by atoms with Crippen molar-refractivity contribution in [2.75, 3.05) is 6.61 Å². The molecule has 0 bridgehead atoms. The van der Waals surface area contributed by atoms with Crippen molar-refractivity contribution in [3.63, 3.8) is 0 Å². The van der Waals surface area contributed by atoms with Crippen molar-refractivity contribution in [3.05, 3.63) is 28.6 Å². The van der Waals surface area contributed by atoms with E-state index in [0.29, 0.717) is 0 Å². The first-order valence-electron chi connectivity index (χ1n) is 6.66. The fourth-order valence-corrected chi connectivity index (χ4v) is 2.87. The van der Waals surface area contributed by atoms with Crippen LogP contribution in [0.15, 0.2) is 17.3 Å². The second kappa shape index (κ2) is 4.86. The number of aromatic nitrogens is 4. The summed E-state index contributed by atoms with van der Waals surface area (Å²) >= 11 is 0. The molecule has 0 amide bonds. The smallest absolute Gasteiger partial charge is 0.294 e. The van der Waals surface area contributed by atoms with E-state index in [0.717, 1.165) is 10.8 Å². The van der Waals surface area contributed by atoms with Gasteiger partial charge in [-0.1, -0.05) is 0 Å². The van der Waals surface area contributed by atoms with Crippen molar-refractivity contribution in [3.8, 4) is 12.1 Å². The molecule has 1 saturated heterocycles. The highest BCUT2D eigenvalue weighted by Gasteiger charge is 2.66. The number of aliphatic hydroxyl groups is 2. The van der Waals surface area contributed by atoms with Gasteiger partial charge in [0, 0.05) is 0 Å². The molecule has 0 aromatic carbocycles. The monoisotopic (exact) mass is 316 g/mol. The van der Waals surface area contributed by atoms with Gasteiger partial charge < -0.3 is 19.9 Å². The lowest BCUT2D eigenvalue weighted by Gasteiger charge is -2.31. The lowest BCUT2D eigenvalue weighted by molar-refractivity contribution is -0.0585. The van der Waals surface area contributed by atoms with E-state index in [1.54, 1.807) is 0 Å². The number of aliphatic hydroxyl groups excluding tert-OH is 2. The van der Waals surface area contributed by atoms with Gasteiger partial charge in [-0.15, -0.1) is 0 Å². The van der Waals surface area contributed by atoms with Crippen molar-refractivity contribution in [2.24, 2.45) is 5.41 Å². The molecule has 2 aromatic heterocycles. The van der Waals surface area contributed by atoms with Crippen molar-refractivity contribution in [1.82, 2.24) is 19.6 Å². The largest absolute Gasteiger partial charge is 0.394 e. The number of rotatable bonds is 2. The lowest BCUT2D eigenvalue weighted by atomic mass is 9.71. The van der Waals surface area contributed by atoms with Crippen LogP contribution in [0.3, 0.4) is 0 Å². The topological polar surface area (TPSA) is 160 Å². The molecule has 10 heteroatoms. The Bertz CT molecular complexity index is 908. The van der Waals surface area contributed by atoms with Gasteiger partial charge in [0.2, 0.25) is 11.2 Å². The number of nitrogens with one attached hydrogen (secondary N) is 1. The van der Waals surface area contributed by atoms with Crippen LogP contribution in [-0.2, 0) is 10.3 Å². The molecule has 4 atom stereocenters. The number of hydrogen-bond donors (Lipinski definition) is 3. The lowest BCUT2D eigenvalue weighted by Crippen LogP contribution is -2.45. The first-order valence-corrected chi connectivity index (χ1v) is 6.66. The number of nitrogens with zero attached hydrogens (tertiary/aromatic N) is 5. The van der Waals surface area contributed by atoms with Crippen molar-refractivity contribution in [1.29, 1.82) is 10.5 Å². The molecule has 23 heavy (non-hydrogen) atoms. The maximum Gasteiger partial charge on any atom is 0.294 e. The van der Waals surface area contributed by atoms with E-state index in [9.17, 15) is 25.5 Å². The van der Waals surface area contributed by atoms with Crippen LogP contribution >= 0.6 is 0 Å². The SMILES string of the molecule is C[C@@]1(C#N)[C@H](O)[C@@H](CO)O[C@@]1(C#N)c1cnc2c(=O)[nH]cnn12. The summed E-state index contributed by atoms with van der Waals surface area (Å²) < 4.78 is 6.65. The van der Waals surface area contributed by atoms with Gasteiger partial charge in [-0.3, -0.25) is 4.79 Å². The third-order valence-electron chi connectivity index (χ3n) is 4.24. The van der Waals surface area contributed by atoms with Gasteiger partial charge in [0.05, 0.1) is 18.9 Å². The van der Waals surface area contributed by atoms with E-state index in [-0.39, 0.29) is 11.3 Å². The minimum absolute atomic E-state index is 0.0279. The number of H-pyrrole nitrogens is 1. The van der Waals surface area contributed by atoms with Crippen LogP contribution in [0, 0.1) is 28.1 Å². The maximum atomic E-state index is 11.8. The van der Waals surface area contributed by atoms with Gasteiger partial charge in [-0.2, -0.15) is 15.6 Å². The van der Waals surface area contributed by atoms with Crippen LogP contribution in [0.5, 0.6) is 0 Å². The summed E-state index contributed by atoms with van der Waals surface area (Å²) in [5.74, 6) is 0. The van der Waals surface area contributed by atoms with Crippen LogP contribution in [-0.4, -0.2) is 48.6 Å². The van der Waals surface area contributed by atoms with E-state index in [1.165, 1.54) is 13.1 Å². The quantitative estimate of drug-likeness (QED) is 0.598. The summed E-state index contributed by atoms with van der Waals surface area (Å²) in [5.41, 5.74) is -4.23. The van der Waals surface area contributed by atoms with E-state index in [2.05, 4.69) is 15.1 Å².